The Kier molecular flexibility index (Phi) is 16.5. The first kappa shape index (κ1) is 34.2. The van der Waals surface area contributed by atoms with Crippen LogP contribution in [0.5, 0.6) is 0 Å². The van der Waals surface area contributed by atoms with Crippen LogP contribution in [-0.2, 0) is 0 Å². The van der Waals surface area contributed by atoms with Crippen LogP contribution in [0.2, 0.25) is 0 Å². The van der Waals surface area contributed by atoms with Crippen molar-refractivity contribution < 1.29 is 0 Å². The minimum Gasteiger partial charge on any atom is -0.0993 e. The summed E-state index contributed by atoms with van der Waals surface area (Å²) >= 11 is 0. The highest BCUT2D eigenvalue weighted by Crippen LogP contribution is 2.42. The molecule has 0 aromatic carbocycles. The summed E-state index contributed by atoms with van der Waals surface area (Å²) in [6, 6.07) is 0. The number of hydrogen-bond acceptors (Lipinski definition) is 0. The molecule has 0 heteroatoms. The average Bonchev–Trinajstić information content (AvgIpc) is 3.00. The van der Waals surface area contributed by atoms with E-state index in [2.05, 4.69) is 82.9 Å². The highest BCUT2D eigenvalue weighted by molar-refractivity contribution is 5.09. The van der Waals surface area contributed by atoms with Crippen LogP contribution in [0.3, 0.4) is 0 Å². The van der Waals surface area contributed by atoms with Gasteiger partial charge in [0.25, 0.3) is 0 Å². The summed E-state index contributed by atoms with van der Waals surface area (Å²) in [5.41, 5.74) is 1.62. The lowest BCUT2D eigenvalue weighted by Gasteiger charge is -2.35. The zero-order valence-electron chi connectivity index (χ0n) is 27.9. The zero-order chi connectivity index (χ0) is 29.3. The minimum atomic E-state index is 0.833. The second-order valence-corrected chi connectivity index (χ2v) is 14.9. The molecule has 4 saturated carbocycles. The SMILES string of the molecule is C/C=C/C=C/CC1CCC(CC2CCC(C)CC2)CC1.C=C(C1CCC(C)CC1)C1CCC(C/C=C/C=C/C)CC1. The van der Waals surface area contributed by atoms with Gasteiger partial charge < -0.3 is 0 Å². The molecule has 0 spiro atoms. The van der Waals surface area contributed by atoms with Crippen molar-refractivity contribution in [2.24, 2.45) is 47.3 Å². The van der Waals surface area contributed by atoms with Gasteiger partial charge >= 0.3 is 0 Å². The predicted octanol–water partition coefficient (Wildman–Crippen LogP) is 13.2. The van der Waals surface area contributed by atoms with Crippen molar-refractivity contribution in [2.45, 2.75) is 150 Å². The highest BCUT2D eigenvalue weighted by Gasteiger charge is 2.28. The quantitative estimate of drug-likeness (QED) is 0.184. The van der Waals surface area contributed by atoms with E-state index in [0.717, 1.165) is 47.3 Å². The summed E-state index contributed by atoms with van der Waals surface area (Å²) in [4.78, 5) is 0. The molecule has 232 valence electrons. The molecule has 0 amide bonds. The molecule has 4 aliphatic rings. The van der Waals surface area contributed by atoms with E-state index in [0.29, 0.717) is 0 Å². The molecule has 0 aliphatic heterocycles. The Morgan fingerprint density at radius 1 is 0.488 bits per heavy atom. The molecule has 4 rings (SSSR count). The summed E-state index contributed by atoms with van der Waals surface area (Å²) in [7, 11) is 0. The van der Waals surface area contributed by atoms with Gasteiger partial charge in [0.2, 0.25) is 0 Å². The van der Waals surface area contributed by atoms with E-state index in [1.165, 1.54) is 116 Å². The fourth-order valence-electron chi connectivity index (χ4n) is 8.39. The normalized spacial score (nSPS) is 35.2. The van der Waals surface area contributed by atoms with Crippen molar-refractivity contribution in [3.63, 3.8) is 0 Å². The van der Waals surface area contributed by atoms with E-state index >= 15 is 0 Å². The Labute approximate surface area is 257 Å². The Hall–Kier alpha value is -1.30. The summed E-state index contributed by atoms with van der Waals surface area (Å²) in [5, 5.41) is 0. The van der Waals surface area contributed by atoms with Crippen LogP contribution in [0.4, 0.5) is 0 Å². The maximum atomic E-state index is 4.52. The van der Waals surface area contributed by atoms with Gasteiger partial charge in [-0.15, -0.1) is 0 Å². The Bertz CT molecular complexity index is 791. The van der Waals surface area contributed by atoms with Crippen LogP contribution >= 0.6 is 0 Å². The molecule has 0 N–H and O–H groups in total. The molecule has 0 radical (unpaired) electrons. The van der Waals surface area contributed by atoms with Crippen molar-refractivity contribution in [2.75, 3.05) is 0 Å². The molecule has 4 fully saturated rings. The van der Waals surface area contributed by atoms with E-state index < -0.39 is 0 Å². The predicted molar refractivity (Wildman–Crippen MR) is 184 cm³/mol. The van der Waals surface area contributed by atoms with Gasteiger partial charge in [0, 0.05) is 0 Å². The van der Waals surface area contributed by atoms with Crippen LogP contribution in [0, 0.1) is 47.3 Å². The third-order valence-electron chi connectivity index (χ3n) is 11.5. The number of allylic oxidation sites excluding steroid dienone is 9. The molecule has 0 bridgehead atoms. The smallest absolute Gasteiger partial charge is 0.0203 e. The molecule has 41 heavy (non-hydrogen) atoms. The fraction of sp³-hybridized carbons (Fsp3) is 0.756. The summed E-state index contributed by atoms with van der Waals surface area (Å²) in [5.74, 6) is 7.66. The molecule has 0 atom stereocenters. The topological polar surface area (TPSA) is 0 Å². The van der Waals surface area contributed by atoms with Crippen LogP contribution in [0.25, 0.3) is 0 Å². The minimum absolute atomic E-state index is 0.833. The first-order chi connectivity index (χ1) is 20.0. The van der Waals surface area contributed by atoms with Crippen LogP contribution in [0.1, 0.15) is 150 Å². The third kappa shape index (κ3) is 13.3. The van der Waals surface area contributed by atoms with Crippen LogP contribution < -0.4 is 0 Å². The highest BCUT2D eigenvalue weighted by atomic mass is 14.3. The van der Waals surface area contributed by atoms with Gasteiger partial charge in [0.15, 0.2) is 0 Å². The van der Waals surface area contributed by atoms with Gasteiger partial charge in [-0.1, -0.05) is 126 Å². The van der Waals surface area contributed by atoms with Gasteiger partial charge in [0.05, 0.1) is 0 Å². The van der Waals surface area contributed by atoms with Crippen molar-refractivity contribution in [1.82, 2.24) is 0 Å². The van der Waals surface area contributed by atoms with Crippen molar-refractivity contribution in [3.8, 4) is 0 Å². The van der Waals surface area contributed by atoms with E-state index in [9.17, 15) is 0 Å². The second kappa shape index (κ2) is 19.8. The Morgan fingerprint density at radius 3 is 1.27 bits per heavy atom. The van der Waals surface area contributed by atoms with Gasteiger partial charge in [-0.2, -0.15) is 0 Å². The van der Waals surface area contributed by atoms with E-state index in [1.807, 2.05) is 0 Å². The maximum Gasteiger partial charge on any atom is -0.0203 e. The summed E-state index contributed by atoms with van der Waals surface area (Å²) in [6.45, 7) is 13.5. The van der Waals surface area contributed by atoms with Gasteiger partial charge in [-0.3, -0.25) is 0 Å². The number of rotatable bonds is 10. The molecular weight excluding hydrogens is 492 g/mol. The molecule has 0 nitrogen and oxygen atoms in total. The average molecular weight is 561 g/mol. The van der Waals surface area contributed by atoms with E-state index in [-0.39, 0.29) is 0 Å². The summed E-state index contributed by atoms with van der Waals surface area (Å²) < 4.78 is 0. The molecule has 0 heterocycles. The summed E-state index contributed by atoms with van der Waals surface area (Å²) in [6.07, 6.45) is 45.0. The largest absolute Gasteiger partial charge is 0.0993 e. The third-order valence-corrected chi connectivity index (χ3v) is 11.5. The van der Waals surface area contributed by atoms with E-state index in [1.54, 1.807) is 12.0 Å². The van der Waals surface area contributed by atoms with Gasteiger partial charge in [-0.05, 0) is 132 Å². The molecule has 0 saturated heterocycles. The molecule has 0 unspecified atom stereocenters. The lowest BCUT2D eigenvalue weighted by Crippen LogP contribution is -2.22. The zero-order valence-corrected chi connectivity index (χ0v) is 27.9. The molecular formula is C41H68. The monoisotopic (exact) mass is 561 g/mol. The van der Waals surface area contributed by atoms with Crippen LogP contribution in [-0.4, -0.2) is 0 Å². The lowest BCUT2D eigenvalue weighted by molar-refractivity contribution is 0.196. The maximum absolute atomic E-state index is 4.52. The Morgan fingerprint density at radius 2 is 0.829 bits per heavy atom. The van der Waals surface area contributed by atoms with E-state index in [4.69, 9.17) is 0 Å². The van der Waals surface area contributed by atoms with Gasteiger partial charge in [-0.25, -0.2) is 0 Å². The van der Waals surface area contributed by atoms with Gasteiger partial charge in [0.1, 0.15) is 0 Å². The fourth-order valence-corrected chi connectivity index (χ4v) is 8.39. The molecule has 0 aromatic rings. The molecule has 0 aromatic heterocycles. The number of hydrogen-bond donors (Lipinski definition) is 0. The lowest BCUT2D eigenvalue weighted by atomic mass is 9.70. The standard InChI is InChI=1S/C21H34.C20H34/c1-4-5-6-7-8-19-11-15-21(16-12-19)18(3)20-13-9-17(2)10-14-20;1-3-4-5-6-7-18-12-14-20(15-13-18)16-19-10-8-17(2)9-11-19/h4-7,17,19-21H,3,8-16H2,1-2H3;3-6,17-20H,7-16H2,1-2H3/b5-4+,7-6+;4-3+,6-5+. The first-order valence-corrected chi connectivity index (χ1v) is 18.2. The first-order valence-electron chi connectivity index (χ1n) is 18.2. The Balaban J connectivity index is 0.000000226. The van der Waals surface area contributed by atoms with Crippen molar-refractivity contribution >= 4 is 0 Å². The van der Waals surface area contributed by atoms with Crippen molar-refractivity contribution in [1.29, 1.82) is 0 Å². The van der Waals surface area contributed by atoms with Crippen molar-refractivity contribution in [3.05, 3.63) is 60.8 Å². The second-order valence-electron chi connectivity index (χ2n) is 14.9. The van der Waals surface area contributed by atoms with Crippen LogP contribution in [0.15, 0.2) is 60.8 Å². The molecule has 4 aliphatic carbocycles.